The number of terminal acetylenes is 1. The minimum Gasteiger partial charge on any atom is -0.458 e. The summed E-state index contributed by atoms with van der Waals surface area (Å²) in [6.07, 6.45) is 11.8. The number of nitrogen functional groups attached to an aromatic ring is 1. The van der Waals surface area contributed by atoms with E-state index in [1.165, 1.54) is 19.3 Å². The number of ether oxygens (including phenoxy) is 4. The number of carbonyl (C=O) groups excluding carboxylic acids is 2. The SMILES string of the molecule is C#C[C@]1(COC(=O)OCCCCCCCC)O[C@@H](n2ccc3c(N)nc(Cl)nc32)C[C@@H]1OC(=O)CC. The molecule has 0 radical (unpaired) electrons. The molecule has 0 bridgehead atoms. The van der Waals surface area contributed by atoms with Gasteiger partial charge >= 0.3 is 12.1 Å². The van der Waals surface area contributed by atoms with Crippen LogP contribution in [0.1, 0.15) is 71.4 Å². The van der Waals surface area contributed by atoms with E-state index in [0.717, 1.165) is 19.3 Å². The first kappa shape index (κ1) is 27.6. The first-order chi connectivity index (χ1) is 17.3. The highest BCUT2D eigenvalue weighted by atomic mass is 35.5. The second-order valence-electron chi connectivity index (χ2n) is 8.67. The summed E-state index contributed by atoms with van der Waals surface area (Å²) in [6, 6.07) is 1.73. The maximum Gasteiger partial charge on any atom is 0.508 e. The number of unbranched alkanes of at least 4 members (excludes halogenated alkanes) is 5. The number of esters is 1. The van der Waals surface area contributed by atoms with Gasteiger partial charge in [0.1, 0.15) is 30.4 Å². The van der Waals surface area contributed by atoms with Crippen molar-refractivity contribution >= 4 is 40.6 Å². The molecule has 3 rings (SSSR count). The summed E-state index contributed by atoms with van der Waals surface area (Å²) in [5.74, 6) is 2.30. The van der Waals surface area contributed by atoms with Crippen molar-refractivity contribution in [3.8, 4) is 12.3 Å². The van der Waals surface area contributed by atoms with Gasteiger partial charge in [0.05, 0.1) is 12.0 Å². The Bertz CT molecular complexity index is 1100. The lowest BCUT2D eigenvalue weighted by Gasteiger charge is -2.28. The van der Waals surface area contributed by atoms with E-state index in [1.807, 2.05) is 0 Å². The fourth-order valence-corrected chi connectivity index (χ4v) is 4.27. The number of hydrogen-bond acceptors (Lipinski definition) is 9. The Morgan fingerprint density at radius 2 is 2.00 bits per heavy atom. The number of nitrogens with two attached hydrogens (primary N) is 1. The van der Waals surface area contributed by atoms with Gasteiger partial charge in [-0.1, -0.05) is 51.9 Å². The van der Waals surface area contributed by atoms with Crippen LogP contribution in [0.4, 0.5) is 10.6 Å². The molecule has 1 aliphatic rings. The van der Waals surface area contributed by atoms with Gasteiger partial charge in [-0.2, -0.15) is 4.98 Å². The molecule has 196 valence electrons. The molecule has 0 saturated carbocycles. The molecule has 0 unspecified atom stereocenters. The van der Waals surface area contributed by atoms with Crippen molar-refractivity contribution in [1.29, 1.82) is 0 Å². The van der Waals surface area contributed by atoms with E-state index < -0.39 is 30.1 Å². The first-order valence-electron chi connectivity index (χ1n) is 12.3. The lowest BCUT2D eigenvalue weighted by molar-refractivity contribution is -0.159. The normalized spacial score (nSPS) is 21.3. The highest BCUT2D eigenvalue weighted by Gasteiger charge is 2.52. The lowest BCUT2D eigenvalue weighted by Crippen LogP contribution is -2.45. The molecule has 2 N–H and O–H groups in total. The van der Waals surface area contributed by atoms with Crippen LogP contribution in [0.15, 0.2) is 12.3 Å². The van der Waals surface area contributed by atoms with Crippen LogP contribution in [0.5, 0.6) is 0 Å². The van der Waals surface area contributed by atoms with Crippen molar-refractivity contribution in [2.45, 2.75) is 83.1 Å². The Labute approximate surface area is 215 Å². The van der Waals surface area contributed by atoms with Crippen LogP contribution in [0, 0.1) is 12.3 Å². The second-order valence-corrected chi connectivity index (χ2v) is 9.01. The van der Waals surface area contributed by atoms with Crippen LogP contribution in [0.25, 0.3) is 11.0 Å². The van der Waals surface area contributed by atoms with Crippen molar-refractivity contribution in [3.05, 3.63) is 17.5 Å². The molecule has 3 atom stereocenters. The standard InChI is InChI=1S/C25H33ClN4O6/c1-4-7-8-9-10-11-14-33-24(32)34-16-25(6-3)18(35-20(31)5-2)15-19(36-25)30-13-12-17-21(27)28-23(26)29-22(17)30/h3,12-13,18-19H,4-5,7-11,14-16H2,1-2H3,(H2,27,28,29)/t18-,19+,25+/m0/s1. The van der Waals surface area contributed by atoms with Crippen LogP contribution in [-0.4, -0.2) is 51.6 Å². The molecule has 36 heavy (non-hydrogen) atoms. The monoisotopic (exact) mass is 520 g/mol. The Morgan fingerprint density at radius 3 is 2.72 bits per heavy atom. The Hall–Kier alpha value is -3.03. The zero-order chi connectivity index (χ0) is 26.1. The van der Waals surface area contributed by atoms with Crippen molar-refractivity contribution in [3.63, 3.8) is 0 Å². The number of nitrogens with zero attached hydrogens (tertiary/aromatic N) is 3. The summed E-state index contributed by atoms with van der Waals surface area (Å²) >= 11 is 6.00. The van der Waals surface area contributed by atoms with E-state index in [2.05, 4.69) is 22.8 Å². The summed E-state index contributed by atoms with van der Waals surface area (Å²) in [7, 11) is 0. The van der Waals surface area contributed by atoms with Gasteiger partial charge in [-0.25, -0.2) is 9.78 Å². The molecule has 2 aromatic heterocycles. The third-order valence-corrected chi connectivity index (χ3v) is 6.26. The highest BCUT2D eigenvalue weighted by molar-refractivity contribution is 6.28. The average molecular weight is 521 g/mol. The van der Waals surface area contributed by atoms with Crippen LogP contribution >= 0.6 is 11.6 Å². The lowest BCUT2D eigenvalue weighted by atomic mass is 9.98. The molecule has 0 aromatic carbocycles. The average Bonchev–Trinajstić information content (AvgIpc) is 3.44. The van der Waals surface area contributed by atoms with Gasteiger partial charge in [-0.3, -0.25) is 4.79 Å². The van der Waals surface area contributed by atoms with Crippen LogP contribution < -0.4 is 5.73 Å². The van der Waals surface area contributed by atoms with E-state index in [0.29, 0.717) is 11.0 Å². The van der Waals surface area contributed by atoms with E-state index in [4.69, 9.17) is 42.7 Å². The summed E-state index contributed by atoms with van der Waals surface area (Å²) in [5, 5.41) is 0.560. The van der Waals surface area contributed by atoms with E-state index in [1.54, 1.807) is 23.8 Å². The molecule has 10 nitrogen and oxygen atoms in total. The minimum atomic E-state index is -1.52. The maximum absolute atomic E-state index is 12.2. The maximum atomic E-state index is 12.2. The molecule has 1 fully saturated rings. The molecular weight excluding hydrogens is 488 g/mol. The Balaban J connectivity index is 1.68. The fraction of sp³-hybridized carbons (Fsp3) is 0.600. The smallest absolute Gasteiger partial charge is 0.458 e. The van der Waals surface area contributed by atoms with Gasteiger partial charge in [0, 0.05) is 19.0 Å². The van der Waals surface area contributed by atoms with Gasteiger partial charge in [-0.15, -0.1) is 6.42 Å². The number of rotatable bonds is 12. The van der Waals surface area contributed by atoms with Crippen molar-refractivity contribution in [1.82, 2.24) is 14.5 Å². The van der Waals surface area contributed by atoms with Crippen molar-refractivity contribution in [2.75, 3.05) is 18.9 Å². The van der Waals surface area contributed by atoms with E-state index >= 15 is 0 Å². The van der Waals surface area contributed by atoms with Gasteiger partial charge < -0.3 is 29.2 Å². The van der Waals surface area contributed by atoms with Crippen LogP contribution in [0.2, 0.25) is 5.28 Å². The number of hydrogen-bond donors (Lipinski definition) is 1. The third-order valence-electron chi connectivity index (χ3n) is 6.10. The number of aromatic nitrogens is 3. The molecule has 0 spiro atoms. The zero-order valence-corrected chi connectivity index (χ0v) is 21.5. The Morgan fingerprint density at radius 1 is 1.25 bits per heavy atom. The zero-order valence-electron chi connectivity index (χ0n) is 20.7. The molecular formula is C25H33ClN4O6. The molecule has 1 aliphatic heterocycles. The summed E-state index contributed by atoms with van der Waals surface area (Å²) in [5.41, 5.74) is 4.87. The predicted molar refractivity (Wildman–Crippen MR) is 134 cm³/mol. The van der Waals surface area contributed by atoms with E-state index in [-0.39, 0.29) is 37.2 Å². The largest absolute Gasteiger partial charge is 0.508 e. The molecule has 2 aromatic rings. The fourth-order valence-electron chi connectivity index (χ4n) is 4.10. The van der Waals surface area contributed by atoms with E-state index in [9.17, 15) is 9.59 Å². The van der Waals surface area contributed by atoms with Gasteiger partial charge in [0.2, 0.25) is 10.9 Å². The third kappa shape index (κ3) is 6.59. The van der Waals surface area contributed by atoms with Crippen molar-refractivity contribution < 1.29 is 28.5 Å². The molecule has 1 saturated heterocycles. The molecule has 0 amide bonds. The summed E-state index contributed by atoms with van der Waals surface area (Å²) < 4.78 is 24.0. The first-order valence-corrected chi connectivity index (χ1v) is 12.7. The molecule has 0 aliphatic carbocycles. The number of carbonyl (C=O) groups is 2. The predicted octanol–water partition coefficient (Wildman–Crippen LogP) is 4.79. The topological polar surface area (TPSA) is 128 Å². The number of halogens is 1. The quantitative estimate of drug-likeness (QED) is 0.182. The van der Waals surface area contributed by atoms with Gasteiger partial charge in [-0.05, 0) is 24.1 Å². The van der Waals surface area contributed by atoms with Crippen LogP contribution in [0.3, 0.4) is 0 Å². The van der Waals surface area contributed by atoms with Crippen molar-refractivity contribution in [2.24, 2.45) is 0 Å². The Kier molecular flexibility index (Phi) is 9.79. The van der Waals surface area contributed by atoms with Crippen LogP contribution in [-0.2, 0) is 23.7 Å². The summed E-state index contributed by atoms with van der Waals surface area (Å²) in [4.78, 5) is 32.5. The van der Waals surface area contributed by atoms with Gasteiger partial charge in [0.15, 0.2) is 0 Å². The molecule has 11 heteroatoms. The molecule has 3 heterocycles. The number of fused-ring (bicyclic) bond motifs is 1. The second kappa shape index (κ2) is 12.8. The highest BCUT2D eigenvalue weighted by Crippen LogP contribution is 2.40. The minimum absolute atomic E-state index is 0.0217. The number of anilines is 1. The summed E-state index contributed by atoms with van der Waals surface area (Å²) in [6.45, 7) is 3.73. The van der Waals surface area contributed by atoms with Gasteiger partial charge in [0.25, 0.3) is 0 Å².